The maximum Gasteiger partial charge on any atom is 0.1000 e. The molecule has 0 aromatic rings. The molecular weight excluding hydrogens is 148 g/mol. The predicted molar refractivity (Wildman–Crippen MR) is 51.7 cm³/mol. The first-order valence-corrected chi connectivity index (χ1v) is 5.13. The van der Waals surface area contributed by atoms with E-state index < -0.39 is 0 Å². The van der Waals surface area contributed by atoms with Gasteiger partial charge in [-0.1, -0.05) is 26.7 Å². The van der Waals surface area contributed by atoms with Gasteiger partial charge in [0.25, 0.3) is 0 Å². The highest BCUT2D eigenvalue weighted by molar-refractivity contribution is 4.90. The maximum atomic E-state index is 5.46. The molecule has 0 aliphatic heterocycles. The highest BCUT2D eigenvalue weighted by Gasteiger charge is 2.26. The summed E-state index contributed by atoms with van der Waals surface area (Å²) in [6, 6.07) is 0. The SMILES string of the molecule is CO[C](CC(C)C)C1CCCC1. The van der Waals surface area contributed by atoms with Crippen molar-refractivity contribution in [1.29, 1.82) is 0 Å². The van der Waals surface area contributed by atoms with Gasteiger partial charge in [-0.3, -0.25) is 0 Å². The van der Waals surface area contributed by atoms with Crippen molar-refractivity contribution in [2.45, 2.75) is 46.0 Å². The summed E-state index contributed by atoms with van der Waals surface area (Å²) < 4.78 is 5.46. The summed E-state index contributed by atoms with van der Waals surface area (Å²) in [6.07, 6.45) is 8.01. The van der Waals surface area contributed by atoms with E-state index in [1.165, 1.54) is 31.8 Å². The van der Waals surface area contributed by atoms with E-state index in [4.69, 9.17) is 4.74 Å². The quantitative estimate of drug-likeness (QED) is 0.626. The molecule has 1 rings (SSSR count). The Morgan fingerprint density at radius 1 is 1.33 bits per heavy atom. The van der Waals surface area contributed by atoms with Crippen LogP contribution in [0.3, 0.4) is 0 Å². The molecule has 0 N–H and O–H groups in total. The summed E-state index contributed by atoms with van der Waals surface area (Å²) in [5, 5.41) is 0. The van der Waals surface area contributed by atoms with E-state index >= 15 is 0 Å². The van der Waals surface area contributed by atoms with Gasteiger partial charge in [-0.25, -0.2) is 0 Å². The zero-order valence-electron chi connectivity index (χ0n) is 8.60. The number of hydrogen-bond acceptors (Lipinski definition) is 1. The van der Waals surface area contributed by atoms with Crippen molar-refractivity contribution in [2.75, 3.05) is 7.11 Å². The molecular formula is C11H21O. The minimum Gasteiger partial charge on any atom is -0.375 e. The number of rotatable bonds is 4. The fourth-order valence-electron chi connectivity index (χ4n) is 2.07. The minimum atomic E-state index is 0.737. The van der Waals surface area contributed by atoms with E-state index in [0.717, 1.165) is 18.3 Å². The average molecular weight is 169 g/mol. The smallest absolute Gasteiger partial charge is 0.1000 e. The first-order valence-electron chi connectivity index (χ1n) is 5.13. The van der Waals surface area contributed by atoms with Crippen molar-refractivity contribution in [1.82, 2.24) is 0 Å². The summed E-state index contributed by atoms with van der Waals surface area (Å²) in [4.78, 5) is 0. The van der Waals surface area contributed by atoms with E-state index in [9.17, 15) is 0 Å². The molecule has 0 spiro atoms. The lowest BCUT2D eigenvalue weighted by Crippen LogP contribution is -2.13. The summed E-state index contributed by atoms with van der Waals surface area (Å²) in [6.45, 7) is 4.52. The predicted octanol–water partition coefficient (Wildman–Crippen LogP) is 3.40. The first kappa shape index (κ1) is 10.0. The van der Waals surface area contributed by atoms with E-state index in [1.54, 1.807) is 0 Å². The number of ether oxygens (including phenoxy) is 1. The van der Waals surface area contributed by atoms with Crippen LogP contribution in [0.25, 0.3) is 0 Å². The Morgan fingerprint density at radius 2 is 1.92 bits per heavy atom. The van der Waals surface area contributed by atoms with Gasteiger partial charge in [0.1, 0.15) is 0 Å². The van der Waals surface area contributed by atoms with Crippen LogP contribution in [0.5, 0.6) is 0 Å². The topological polar surface area (TPSA) is 9.23 Å². The van der Waals surface area contributed by atoms with Crippen molar-refractivity contribution < 1.29 is 4.74 Å². The van der Waals surface area contributed by atoms with E-state index in [2.05, 4.69) is 13.8 Å². The molecule has 0 saturated heterocycles. The fourth-order valence-corrected chi connectivity index (χ4v) is 2.07. The summed E-state index contributed by atoms with van der Waals surface area (Å²) >= 11 is 0. The second kappa shape index (κ2) is 4.86. The minimum absolute atomic E-state index is 0.737. The lowest BCUT2D eigenvalue weighted by molar-refractivity contribution is 0.136. The normalized spacial score (nSPS) is 19.8. The molecule has 0 atom stereocenters. The summed E-state index contributed by atoms with van der Waals surface area (Å²) in [5.41, 5.74) is 0. The first-order chi connectivity index (χ1) is 5.74. The van der Waals surface area contributed by atoms with Gasteiger partial charge in [0.15, 0.2) is 0 Å². The Bertz CT molecular complexity index is 114. The molecule has 71 valence electrons. The molecule has 0 aromatic heterocycles. The molecule has 1 fully saturated rings. The van der Waals surface area contributed by atoms with Crippen molar-refractivity contribution in [3.05, 3.63) is 6.10 Å². The zero-order valence-corrected chi connectivity index (χ0v) is 8.60. The van der Waals surface area contributed by atoms with Gasteiger partial charge >= 0.3 is 0 Å². The van der Waals surface area contributed by atoms with Gasteiger partial charge in [0, 0.05) is 7.11 Å². The molecule has 12 heavy (non-hydrogen) atoms. The van der Waals surface area contributed by atoms with E-state index in [1.807, 2.05) is 7.11 Å². The molecule has 1 nitrogen and oxygen atoms in total. The van der Waals surface area contributed by atoms with Crippen LogP contribution in [-0.4, -0.2) is 7.11 Å². The van der Waals surface area contributed by atoms with Crippen LogP contribution in [-0.2, 0) is 4.74 Å². The van der Waals surface area contributed by atoms with Crippen LogP contribution in [0.15, 0.2) is 0 Å². The standard InChI is InChI=1S/C11H21O/c1-9(2)8-11(12-3)10-6-4-5-7-10/h9-10H,4-8H2,1-3H3. The van der Waals surface area contributed by atoms with Gasteiger partial charge in [0.05, 0.1) is 6.10 Å². The van der Waals surface area contributed by atoms with Gasteiger partial charge in [-0.15, -0.1) is 0 Å². The summed E-state index contributed by atoms with van der Waals surface area (Å²) in [5.74, 6) is 1.51. The maximum absolute atomic E-state index is 5.46. The average Bonchev–Trinajstić information content (AvgIpc) is 2.51. The third-order valence-corrected chi connectivity index (χ3v) is 2.68. The van der Waals surface area contributed by atoms with Crippen molar-refractivity contribution in [2.24, 2.45) is 11.8 Å². The van der Waals surface area contributed by atoms with Crippen molar-refractivity contribution in [3.63, 3.8) is 0 Å². The largest absolute Gasteiger partial charge is 0.375 e. The lowest BCUT2D eigenvalue weighted by Gasteiger charge is -2.22. The highest BCUT2D eigenvalue weighted by Crippen LogP contribution is 2.36. The van der Waals surface area contributed by atoms with Crippen molar-refractivity contribution in [3.8, 4) is 0 Å². The Balaban J connectivity index is 2.32. The van der Waals surface area contributed by atoms with E-state index in [0.29, 0.717) is 0 Å². The third-order valence-electron chi connectivity index (χ3n) is 2.68. The van der Waals surface area contributed by atoms with Crippen LogP contribution in [0.1, 0.15) is 46.0 Å². The van der Waals surface area contributed by atoms with Crippen LogP contribution in [0.2, 0.25) is 0 Å². The Hall–Kier alpha value is -0.0400. The number of methoxy groups -OCH3 is 1. The van der Waals surface area contributed by atoms with E-state index in [-0.39, 0.29) is 0 Å². The van der Waals surface area contributed by atoms with Gasteiger partial charge in [0.2, 0.25) is 0 Å². The Labute approximate surface area is 76.5 Å². The van der Waals surface area contributed by atoms with Crippen LogP contribution in [0.4, 0.5) is 0 Å². The van der Waals surface area contributed by atoms with Gasteiger partial charge < -0.3 is 4.74 Å². The van der Waals surface area contributed by atoms with Crippen LogP contribution in [0, 0.1) is 17.9 Å². The number of hydrogen-bond donors (Lipinski definition) is 0. The Kier molecular flexibility index (Phi) is 4.07. The second-order valence-electron chi connectivity index (χ2n) is 4.25. The molecule has 1 aliphatic carbocycles. The molecule has 1 saturated carbocycles. The lowest BCUT2D eigenvalue weighted by atomic mass is 9.93. The molecule has 0 amide bonds. The van der Waals surface area contributed by atoms with Gasteiger partial charge in [-0.05, 0) is 31.1 Å². The van der Waals surface area contributed by atoms with Crippen LogP contribution < -0.4 is 0 Å². The Morgan fingerprint density at radius 3 is 2.33 bits per heavy atom. The monoisotopic (exact) mass is 169 g/mol. The van der Waals surface area contributed by atoms with Crippen LogP contribution >= 0.6 is 0 Å². The molecule has 1 radical (unpaired) electrons. The molecule has 0 unspecified atom stereocenters. The molecule has 0 aromatic carbocycles. The molecule has 0 heterocycles. The third kappa shape index (κ3) is 2.78. The van der Waals surface area contributed by atoms with Crippen molar-refractivity contribution >= 4 is 0 Å². The second-order valence-corrected chi connectivity index (χ2v) is 4.25. The fraction of sp³-hybridized carbons (Fsp3) is 0.909. The zero-order chi connectivity index (χ0) is 8.97. The molecule has 0 bridgehead atoms. The van der Waals surface area contributed by atoms with Gasteiger partial charge in [-0.2, -0.15) is 0 Å². The molecule has 1 heteroatoms. The molecule has 1 aliphatic rings. The highest BCUT2D eigenvalue weighted by atomic mass is 16.5. The summed E-state index contributed by atoms with van der Waals surface area (Å²) in [7, 11) is 1.83.